The third-order valence-electron chi connectivity index (χ3n) is 8.52. The van der Waals surface area contributed by atoms with Gasteiger partial charge in [0.25, 0.3) is 0 Å². The van der Waals surface area contributed by atoms with Crippen LogP contribution in [0.1, 0.15) is 58.8 Å². The lowest BCUT2D eigenvalue weighted by atomic mass is 9.45. The summed E-state index contributed by atoms with van der Waals surface area (Å²) in [6.45, 7) is 4.75. The van der Waals surface area contributed by atoms with Gasteiger partial charge in [0.15, 0.2) is 0 Å². The molecule has 0 amide bonds. The summed E-state index contributed by atoms with van der Waals surface area (Å²) in [5.74, 6) is 2.11. The monoisotopic (exact) mass is 320 g/mol. The van der Waals surface area contributed by atoms with Gasteiger partial charge < -0.3 is 15.3 Å². The number of rotatable bonds is 1. The average molecular weight is 320 g/mol. The average Bonchev–Trinajstić information content (AvgIpc) is 2.82. The molecule has 0 aromatic rings. The van der Waals surface area contributed by atoms with Crippen molar-refractivity contribution in [1.82, 2.24) is 0 Å². The molecule has 0 aromatic heterocycles. The van der Waals surface area contributed by atoms with Crippen LogP contribution in [0, 0.1) is 34.5 Å². The van der Waals surface area contributed by atoms with Gasteiger partial charge in [0, 0.05) is 5.41 Å². The lowest BCUT2D eigenvalue weighted by Gasteiger charge is -2.60. The molecule has 3 saturated carbocycles. The van der Waals surface area contributed by atoms with E-state index < -0.39 is 0 Å². The molecule has 0 aliphatic heterocycles. The molecule has 23 heavy (non-hydrogen) atoms. The Balaban J connectivity index is 1.73. The zero-order valence-electron chi connectivity index (χ0n) is 14.5. The summed E-state index contributed by atoms with van der Waals surface area (Å²) in [7, 11) is 0. The zero-order valence-corrected chi connectivity index (χ0v) is 14.5. The second-order valence-electron chi connectivity index (χ2n) is 9.15. The van der Waals surface area contributed by atoms with Crippen LogP contribution >= 0.6 is 0 Å². The fraction of sp³-hybridized carbons (Fsp3) is 0.900. The lowest BCUT2D eigenvalue weighted by Crippen LogP contribution is -2.56. The minimum Gasteiger partial charge on any atom is -0.395 e. The van der Waals surface area contributed by atoms with E-state index in [4.69, 9.17) is 0 Å². The molecule has 0 spiro atoms. The van der Waals surface area contributed by atoms with Gasteiger partial charge in [0.2, 0.25) is 0 Å². The molecule has 0 bridgehead atoms. The summed E-state index contributed by atoms with van der Waals surface area (Å²) < 4.78 is 0. The van der Waals surface area contributed by atoms with Crippen molar-refractivity contribution in [3.63, 3.8) is 0 Å². The topological polar surface area (TPSA) is 60.7 Å². The highest BCUT2D eigenvalue weighted by molar-refractivity contribution is 5.28. The fourth-order valence-electron chi connectivity index (χ4n) is 7.26. The zero-order chi connectivity index (χ0) is 16.4. The summed E-state index contributed by atoms with van der Waals surface area (Å²) in [5, 5.41) is 31.1. The van der Waals surface area contributed by atoms with Crippen molar-refractivity contribution in [3.05, 3.63) is 11.6 Å². The SMILES string of the molecule is C[C@@H]1C[C@@H](O)C=C2CC[C@H]3[C@@H]4CC[C@H](O)[C@@]4(C)CC[C@@H]3[C@]21CO. The molecule has 3 N–H and O–H groups in total. The lowest BCUT2D eigenvalue weighted by molar-refractivity contribution is -0.110. The molecule has 3 fully saturated rings. The Morgan fingerprint density at radius 1 is 1.13 bits per heavy atom. The molecule has 3 heteroatoms. The van der Waals surface area contributed by atoms with Crippen molar-refractivity contribution in [2.45, 2.75) is 71.0 Å². The Kier molecular flexibility index (Phi) is 3.72. The van der Waals surface area contributed by atoms with Crippen molar-refractivity contribution in [3.8, 4) is 0 Å². The first-order chi connectivity index (χ1) is 10.9. The maximum Gasteiger partial charge on any atom is 0.0726 e. The summed E-state index contributed by atoms with van der Waals surface area (Å²) in [6.07, 6.45) is 8.86. The predicted molar refractivity (Wildman–Crippen MR) is 89.7 cm³/mol. The highest BCUT2D eigenvalue weighted by Gasteiger charge is 2.61. The van der Waals surface area contributed by atoms with E-state index in [0.29, 0.717) is 23.7 Å². The molecule has 0 heterocycles. The first-order valence-corrected chi connectivity index (χ1v) is 9.61. The third-order valence-corrected chi connectivity index (χ3v) is 8.52. The second kappa shape index (κ2) is 5.31. The number of hydrogen-bond acceptors (Lipinski definition) is 3. The van der Waals surface area contributed by atoms with E-state index in [0.717, 1.165) is 38.5 Å². The molecule has 3 nitrogen and oxygen atoms in total. The minimum absolute atomic E-state index is 0.0937. The number of fused-ring (bicyclic) bond motifs is 5. The molecule has 0 saturated heterocycles. The Bertz CT molecular complexity index is 515. The maximum atomic E-state index is 10.5. The Morgan fingerprint density at radius 3 is 2.65 bits per heavy atom. The maximum absolute atomic E-state index is 10.5. The molecule has 0 radical (unpaired) electrons. The van der Waals surface area contributed by atoms with Gasteiger partial charge in [0.05, 0.1) is 18.8 Å². The van der Waals surface area contributed by atoms with Crippen molar-refractivity contribution < 1.29 is 15.3 Å². The van der Waals surface area contributed by atoms with Gasteiger partial charge in [-0.2, -0.15) is 0 Å². The fourth-order valence-corrected chi connectivity index (χ4v) is 7.26. The van der Waals surface area contributed by atoms with E-state index in [2.05, 4.69) is 19.9 Å². The molecule has 8 atom stereocenters. The first-order valence-electron chi connectivity index (χ1n) is 9.61. The van der Waals surface area contributed by atoms with Crippen molar-refractivity contribution >= 4 is 0 Å². The Hall–Kier alpha value is -0.380. The largest absolute Gasteiger partial charge is 0.395 e. The molecule has 4 aliphatic carbocycles. The quantitative estimate of drug-likeness (QED) is 0.651. The van der Waals surface area contributed by atoms with Gasteiger partial charge in [-0.3, -0.25) is 0 Å². The van der Waals surface area contributed by atoms with Crippen molar-refractivity contribution in [1.29, 1.82) is 0 Å². The summed E-state index contributed by atoms with van der Waals surface area (Å²) >= 11 is 0. The van der Waals surface area contributed by atoms with Crippen LogP contribution in [0.25, 0.3) is 0 Å². The molecule has 4 aliphatic rings. The van der Waals surface area contributed by atoms with Crippen molar-refractivity contribution in [2.24, 2.45) is 34.5 Å². The smallest absolute Gasteiger partial charge is 0.0726 e. The normalized spacial score (nSPS) is 55.6. The van der Waals surface area contributed by atoms with Crippen LogP contribution in [-0.2, 0) is 0 Å². The number of hydrogen-bond donors (Lipinski definition) is 3. The van der Waals surface area contributed by atoms with Crippen LogP contribution in [-0.4, -0.2) is 34.1 Å². The van der Waals surface area contributed by atoms with E-state index in [1.165, 1.54) is 12.0 Å². The van der Waals surface area contributed by atoms with Gasteiger partial charge in [0.1, 0.15) is 0 Å². The van der Waals surface area contributed by atoms with Crippen LogP contribution in [0.15, 0.2) is 11.6 Å². The standard InChI is InChI=1S/C20H32O3/c1-12-9-14(22)10-13-3-4-15-16-5-6-18(23)19(16,2)8-7-17(15)20(12,13)11-21/h10,12,14-18,21-23H,3-9,11H2,1-2H3/t12-,14-,15+,16+,17+,18+,19+,20+/m1/s1. The molecule has 0 unspecified atom stereocenters. The van der Waals surface area contributed by atoms with E-state index in [-0.39, 0.29) is 29.6 Å². The van der Waals surface area contributed by atoms with E-state index in [1.807, 2.05) is 0 Å². The minimum atomic E-state index is -0.335. The molecule has 0 aromatic carbocycles. The summed E-state index contributed by atoms with van der Waals surface area (Å²) in [5.41, 5.74) is 1.31. The summed E-state index contributed by atoms with van der Waals surface area (Å²) in [6, 6.07) is 0. The third kappa shape index (κ3) is 1.99. The van der Waals surface area contributed by atoms with Crippen LogP contribution in [0.5, 0.6) is 0 Å². The first kappa shape index (κ1) is 16.1. The Morgan fingerprint density at radius 2 is 1.91 bits per heavy atom. The highest BCUT2D eigenvalue weighted by atomic mass is 16.3. The Labute approximate surface area is 139 Å². The molecular formula is C20H32O3. The van der Waals surface area contributed by atoms with E-state index in [9.17, 15) is 15.3 Å². The predicted octanol–water partition coefficient (Wildman–Crippen LogP) is 2.89. The number of aliphatic hydroxyl groups is 3. The molecular weight excluding hydrogens is 288 g/mol. The molecule has 4 rings (SSSR count). The van der Waals surface area contributed by atoms with E-state index >= 15 is 0 Å². The van der Waals surface area contributed by atoms with Crippen LogP contribution in [0.2, 0.25) is 0 Å². The van der Waals surface area contributed by atoms with Gasteiger partial charge in [-0.05, 0) is 74.0 Å². The number of aliphatic hydroxyl groups excluding tert-OH is 3. The van der Waals surface area contributed by atoms with Gasteiger partial charge in [-0.25, -0.2) is 0 Å². The van der Waals surface area contributed by atoms with Crippen LogP contribution < -0.4 is 0 Å². The van der Waals surface area contributed by atoms with Gasteiger partial charge in [-0.15, -0.1) is 0 Å². The van der Waals surface area contributed by atoms with Crippen LogP contribution in [0.3, 0.4) is 0 Å². The van der Waals surface area contributed by atoms with Crippen molar-refractivity contribution in [2.75, 3.05) is 6.61 Å². The second-order valence-corrected chi connectivity index (χ2v) is 9.15. The molecule has 130 valence electrons. The van der Waals surface area contributed by atoms with E-state index in [1.54, 1.807) is 0 Å². The highest BCUT2D eigenvalue weighted by Crippen LogP contribution is 2.66. The van der Waals surface area contributed by atoms with Gasteiger partial charge in [-0.1, -0.05) is 25.5 Å². The van der Waals surface area contributed by atoms with Gasteiger partial charge >= 0.3 is 0 Å². The summed E-state index contributed by atoms with van der Waals surface area (Å²) in [4.78, 5) is 0. The van der Waals surface area contributed by atoms with Crippen LogP contribution in [0.4, 0.5) is 0 Å².